The van der Waals surface area contributed by atoms with Crippen molar-refractivity contribution in [2.75, 3.05) is 13.7 Å². The second-order valence-electron chi connectivity index (χ2n) is 6.76. The van der Waals surface area contributed by atoms with Crippen LogP contribution < -0.4 is 5.32 Å². The normalized spacial score (nSPS) is 27.6. The maximum Gasteiger partial charge on any atom is 0.0876 e. The van der Waals surface area contributed by atoms with Crippen LogP contribution in [0.2, 0.25) is 0 Å². The second-order valence-corrected chi connectivity index (χ2v) is 6.76. The molecule has 1 fully saturated rings. The molecule has 2 rings (SSSR count). The lowest BCUT2D eigenvalue weighted by Gasteiger charge is -2.45. The highest BCUT2D eigenvalue weighted by atomic mass is 16.5. The van der Waals surface area contributed by atoms with Gasteiger partial charge in [0.1, 0.15) is 0 Å². The van der Waals surface area contributed by atoms with Crippen LogP contribution in [-0.2, 0) is 4.74 Å². The first kappa shape index (κ1) is 16.5. The molecule has 0 aliphatic heterocycles. The average molecular weight is 289 g/mol. The first-order valence-electron chi connectivity index (χ1n) is 8.40. The van der Waals surface area contributed by atoms with E-state index >= 15 is 0 Å². The first-order valence-corrected chi connectivity index (χ1v) is 8.40. The molecule has 1 saturated carbocycles. The summed E-state index contributed by atoms with van der Waals surface area (Å²) < 4.78 is 6.36. The highest BCUT2D eigenvalue weighted by Crippen LogP contribution is 2.43. The van der Waals surface area contributed by atoms with Crippen molar-refractivity contribution in [1.82, 2.24) is 5.32 Å². The highest BCUT2D eigenvalue weighted by Gasteiger charge is 2.42. The molecule has 0 bridgehead atoms. The van der Waals surface area contributed by atoms with Crippen LogP contribution in [0, 0.1) is 19.8 Å². The number of nitrogens with one attached hydrogen (secondary N) is 1. The minimum Gasteiger partial charge on any atom is -0.373 e. The molecule has 1 aliphatic rings. The maximum absolute atomic E-state index is 6.36. The van der Waals surface area contributed by atoms with Crippen molar-refractivity contribution in [3.05, 3.63) is 34.9 Å². The van der Waals surface area contributed by atoms with Crippen molar-refractivity contribution in [1.29, 1.82) is 0 Å². The Morgan fingerprint density at radius 1 is 1.29 bits per heavy atom. The molecule has 1 N–H and O–H groups in total. The van der Waals surface area contributed by atoms with E-state index in [-0.39, 0.29) is 11.6 Å². The summed E-state index contributed by atoms with van der Waals surface area (Å²) in [4.78, 5) is 0. The topological polar surface area (TPSA) is 21.3 Å². The van der Waals surface area contributed by atoms with E-state index in [9.17, 15) is 0 Å². The van der Waals surface area contributed by atoms with Crippen LogP contribution in [0.5, 0.6) is 0 Å². The summed E-state index contributed by atoms with van der Waals surface area (Å²) in [5.74, 6) is 0.828. The summed E-state index contributed by atoms with van der Waals surface area (Å²) in [5, 5.41) is 3.57. The first-order chi connectivity index (χ1) is 10.0. The van der Waals surface area contributed by atoms with Crippen LogP contribution in [0.3, 0.4) is 0 Å². The molecule has 1 aliphatic carbocycles. The zero-order valence-corrected chi connectivity index (χ0v) is 14.3. The van der Waals surface area contributed by atoms with Crippen LogP contribution >= 0.6 is 0 Å². The molecule has 1 aromatic rings. The van der Waals surface area contributed by atoms with E-state index in [2.05, 4.69) is 58.3 Å². The summed E-state index contributed by atoms with van der Waals surface area (Å²) in [5.41, 5.74) is 4.04. The molecule has 0 spiro atoms. The summed E-state index contributed by atoms with van der Waals surface area (Å²) in [6, 6.07) is 7.04. The van der Waals surface area contributed by atoms with E-state index in [1.165, 1.54) is 29.5 Å². The van der Waals surface area contributed by atoms with Crippen molar-refractivity contribution >= 4 is 0 Å². The molecule has 0 radical (unpaired) electrons. The molecule has 2 nitrogen and oxygen atoms in total. The largest absolute Gasteiger partial charge is 0.373 e. The Morgan fingerprint density at radius 2 is 1.95 bits per heavy atom. The van der Waals surface area contributed by atoms with E-state index in [0.29, 0.717) is 0 Å². The standard InChI is InChI=1S/C19H31NO/c1-6-21-19(11-9-14(2)10-12-19)18(20-5)17-13-15(3)7-8-16(17)4/h7-8,13-14,18,20H,6,9-12H2,1-5H3. The number of likely N-dealkylation sites (N-methyl/N-ethyl adjacent to an activating group) is 1. The number of ether oxygens (including phenoxy) is 1. The summed E-state index contributed by atoms with van der Waals surface area (Å²) in [7, 11) is 2.07. The number of aryl methyl sites for hydroxylation is 2. The number of hydrogen-bond acceptors (Lipinski definition) is 2. The fraction of sp³-hybridized carbons (Fsp3) is 0.684. The Hall–Kier alpha value is -0.860. The SMILES string of the molecule is CCOC1(C(NC)c2cc(C)ccc2C)CCC(C)CC1. The monoisotopic (exact) mass is 289 g/mol. The predicted molar refractivity (Wildman–Crippen MR) is 89.7 cm³/mol. The molecule has 0 aromatic heterocycles. The van der Waals surface area contributed by atoms with Gasteiger partial charge in [-0.3, -0.25) is 0 Å². The Bertz CT molecular complexity index is 461. The summed E-state index contributed by atoms with van der Waals surface area (Å²) in [6.07, 6.45) is 4.84. The molecule has 0 heterocycles. The summed E-state index contributed by atoms with van der Waals surface area (Å²) >= 11 is 0. The van der Waals surface area contributed by atoms with Crippen LogP contribution in [0.15, 0.2) is 18.2 Å². The van der Waals surface area contributed by atoms with Crippen molar-refractivity contribution in [3.63, 3.8) is 0 Å². The van der Waals surface area contributed by atoms with E-state index in [1.54, 1.807) is 0 Å². The van der Waals surface area contributed by atoms with Crippen LogP contribution in [0.4, 0.5) is 0 Å². The maximum atomic E-state index is 6.36. The number of rotatable bonds is 5. The fourth-order valence-electron chi connectivity index (χ4n) is 3.83. The van der Waals surface area contributed by atoms with Gasteiger partial charge in [0, 0.05) is 6.61 Å². The zero-order chi connectivity index (χ0) is 15.5. The highest BCUT2D eigenvalue weighted by molar-refractivity contribution is 5.35. The molecule has 1 unspecified atom stereocenters. The van der Waals surface area contributed by atoms with Gasteiger partial charge in [0.25, 0.3) is 0 Å². The molecule has 1 atom stereocenters. The second kappa shape index (κ2) is 6.93. The Balaban J connectivity index is 2.38. The van der Waals surface area contributed by atoms with E-state index in [0.717, 1.165) is 25.4 Å². The lowest BCUT2D eigenvalue weighted by molar-refractivity contribution is -0.0963. The van der Waals surface area contributed by atoms with Crippen molar-refractivity contribution in [3.8, 4) is 0 Å². The van der Waals surface area contributed by atoms with Crippen LogP contribution in [0.1, 0.15) is 62.3 Å². The Labute approximate surface area is 130 Å². The number of benzene rings is 1. The third-order valence-electron chi connectivity index (χ3n) is 5.11. The van der Waals surface area contributed by atoms with Gasteiger partial charge in [0.2, 0.25) is 0 Å². The van der Waals surface area contributed by atoms with Gasteiger partial charge in [0.15, 0.2) is 0 Å². The van der Waals surface area contributed by atoms with Gasteiger partial charge in [-0.05, 0) is 70.5 Å². The van der Waals surface area contributed by atoms with E-state index in [4.69, 9.17) is 4.74 Å². The van der Waals surface area contributed by atoms with E-state index < -0.39 is 0 Å². The van der Waals surface area contributed by atoms with Gasteiger partial charge in [-0.1, -0.05) is 30.7 Å². The van der Waals surface area contributed by atoms with Gasteiger partial charge >= 0.3 is 0 Å². The van der Waals surface area contributed by atoms with Crippen molar-refractivity contribution in [2.45, 2.75) is 65.0 Å². The molecule has 2 heteroatoms. The lowest BCUT2D eigenvalue weighted by atomic mass is 9.72. The minimum atomic E-state index is -0.0471. The van der Waals surface area contributed by atoms with E-state index in [1.807, 2.05) is 0 Å². The van der Waals surface area contributed by atoms with Gasteiger partial charge < -0.3 is 10.1 Å². The minimum absolute atomic E-state index is 0.0471. The van der Waals surface area contributed by atoms with Gasteiger partial charge in [0.05, 0.1) is 11.6 Å². The molecule has 21 heavy (non-hydrogen) atoms. The molecule has 1 aromatic carbocycles. The van der Waals surface area contributed by atoms with Gasteiger partial charge in [-0.15, -0.1) is 0 Å². The quantitative estimate of drug-likeness (QED) is 0.858. The molecule has 0 saturated heterocycles. The third-order valence-corrected chi connectivity index (χ3v) is 5.11. The molecular formula is C19H31NO. The van der Waals surface area contributed by atoms with Gasteiger partial charge in [-0.2, -0.15) is 0 Å². The van der Waals surface area contributed by atoms with Gasteiger partial charge in [-0.25, -0.2) is 0 Å². The lowest BCUT2D eigenvalue weighted by Crippen LogP contribution is -2.48. The zero-order valence-electron chi connectivity index (χ0n) is 14.3. The third kappa shape index (κ3) is 3.49. The molecule has 118 valence electrons. The van der Waals surface area contributed by atoms with Crippen molar-refractivity contribution < 1.29 is 4.74 Å². The number of hydrogen-bond donors (Lipinski definition) is 1. The van der Waals surface area contributed by atoms with Crippen molar-refractivity contribution in [2.24, 2.45) is 5.92 Å². The Kier molecular flexibility index (Phi) is 5.45. The summed E-state index contributed by atoms with van der Waals surface area (Å²) in [6.45, 7) is 9.66. The van der Waals surface area contributed by atoms with Crippen LogP contribution in [-0.4, -0.2) is 19.3 Å². The fourth-order valence-corrected chi connectivity index (χ4v) is 3.83. The average Bonchev–Trinajstić information content (AvgIpc) is 2.47. The molecular weight excluding hydrogens is 258 g/mol. The predicted octanol–water partition coefficient (Wildman–Crippen LogP) is 4.55. The molecule has 0 amide bonds. The van der Waals surface area contributed by atoms with Crippen LogP contribution in [0.25, 0.3) is 0 Å². The Morgan fingerprint density at radius 3 is 2.52 bits per heavy atom. The smallest absolute Gasteiger partial charge is 0.0876 e.